The van der Waals surface area contributed by atoms with Crippen molar-refractivity contribution >= 4 is 17.6 Å². The average Bonchev–Trinajstić information content (AvgIpc) is 3.03. The second-order valence-corrected chi connectivity index (χ2v) is 5.38. The molecule has 1 atom stereocenters. The molecule has 1 aliphatic heterocycles. The Hall–Kier alpha value is -2.89. The SMILES string of the molecule is COC(=O)CN(C(=O)[C@H]1COc2ccccc21)c1cccc(F)c1. The van der Waals surface area contributed by atoms with Crippen molar-refractivity contribution in [1.82, 2.24) is 0 Å². The van der Waals surface area contributed by atoms with Gasteiger partial charge in [-0.05, 0) is 24.3 Å². The van der Waals surface area contributed by atoms with Crippen LogP contribution in [0.15, 0.2) is 48.5 Å². The number of rotatable bonds is 4. The largest absolute Gasteiger partial charge is 0.492 e. The number of halogens is 1. The lowest BCUT2D eigenvalue weighted by Crippen LogP contribution is -2.40. The number of hydrogen-bond acceptors (Lipinski definition) is 4. The highest BCUT2D eigenvalue weighted by molar-refractivity contribution is 6.02. The average molecular weight is 329 g/mol. The van der Waals surface area contributed by atoms with Gasteiger partial charge in [0.05, 0.1) is 7.11 Å². The van der Waals surface area contributed by atoms with E-state index in [0.717, 1.165) is 5.56 Å². The zero-order valence-electron chi connectivity index (χ0n) is 13.1. The van der Waals surface area contributed by atoms with Gasteiger partial charge in [-0.2, -0.15) is 0 Å². The molecular weight excluding hydrogens is 313 g/mol. The molecule has 6 heteroatoms. The number of nitrogens with zero attached hydrogens (tertiary/aromatic N) is 1. The standard InChI is InChI=1S/C18H16FNO4/c1-23-17(21)10-20(13-6-4-5-12(19)9-13)18(22)15-11-24-16-8-3-2-7-14(15)16/h2-9,15H,10-11H2,1H3/t15-/m0/s1. The molecule has 0 N–H and O–H groups in total. The third-order valence-electron chi connectivity index (χ3n) is 3.90. The molecule has 0 saturated carbocycles. The molecule has 0 aromatic heterocycles. The molecule has 0 fully saturated rings. The number of amides is 1. The predicted molar refractivity (Wildman–Crippen MR) is 85.4 cm³/mol. The number of fused-ring (bicyclic) bond motifs is 1. The number of benzene rings is 2. The van der Waals surface area contributed by atoms with Crippen molar-refractivity contribution < 1.29 is 23.5 Å². The molecule has 0 spiro atoms. The Kier molecular flexibility index (Phi) is 4.46. The minimum Gasteiger partial charge on any atom is -0.492 e. The quantitative estimate of drug-likeness (QED) is 0.809. The molecule has 1 aliphatic rings. The van der Waals surface area contributed by atoms with Gasteiger partial charge in [-0.3, -0.25) is 9.59 Å². The van der Waals surface area contributed by atoms with Crippen molar-refractivity contribution in [3.8, 4) is 5.75 Å². The Morgan fingerprint density at radius 3 is 2.79 bits per heavy atom. The first kappa shape index (κ1) is 16.0. The lowest BCUT2D eigenvalue weighted by Gasteiger charge is -2.24. The highest BCUT2D eigenvalue weighted by Gasteiger charge is 2.34. The van der Waals surface area contributed by atoms with E-state index in [0.29, 0.717) is 11.4 Å². The van der Waals surface area contributed by atoms with Gasteiger partial charge >= 0.3 is 5.97 Å². The van der Waals surface area contributed by atoms with E-state index in [2.05, 4.69) is 4.74 Å². The molecule has 1 amide bonds. The molecule has 3 rings (SSSR count). The molecule has 2 aromatic rings. The number of carbonyl (C=O) groups excluding carboxylic acids is 2. The fraction of sp³-hybridized carbons (Fsp3) is 0.222. The summed E-state index contributed by atoms with van der Waals surface area (Å²) in [6.45, 7) is -0.109. The molecule has 0 bridgehead atoms. The first-order valence-corrected chi connectivity index (χ1v) is 7.45. The summed E-state index contributed by atoms with van der Waals surface area (Å²) in [7, 11) is 1.24. The van der Waals surface area contributed by atoms with Crippen LogP contribution in [0.4, 0.5) is 10.1 Å². The summed E-state index contributed by atoms with van der Waals surface area (Å²) in [4.78, 5) is 25.9. The number of para-hydroxylation sites is 1. The van der Waals surface area contributed by atoms with Crippen LogP contribution < -0.4 is 9.64 Å². The van der Waals surface area contributed by atoms with E-state index in [-0.39, 0.29) is 19.1 Å². The van der Waals surface area contributed by atoms with Gasteiger partial charge in [0, 0.05) is 11.3 Å². The van der Waals surface area contributed by atoms with Gasteiger partial charge in [0.25, 0.3) is 0 Å². The van der Waals surface area contributed by atoms with Crippen molar-refractivity contribution in [3.63, 3.8) is 0 Å². The van der Waals surface area contributed by atoms with Gasteiger partial charge in [-0.25, -0.2) is 4.39 Å². The van der Waals surface area contributed by atoms with Crippen molar-refractivity contribution in [2.75, 3.05) is 25.2 Å². The van der Waals surface area contributed by atoms with Gasteiger partial charge in [0.1, 0.15) is 30.6 Å². The molecule has 124 valence electrons. The zero-order valence-corrected chi connectivity index (χ0v) is 13.1. The van der Waals surface area contributed by atoms with Crippen LogP contribution in [0.3, 0.4) is 0 Å². The Bertz CT molecular complexity index is 777. The first-order valence-electron chi connectivity index (χ1n) is 7.45. The molecule has 0 unspecified atom stereocenters. The van der Waals surface area contributed by atoms with E-state index in [9.17, 15) is 14.0 Å². The minimum atomic E-state index is -0.584. The van der Waals surface area contributed by atoms with Crippen molar-refractivity contribution in [3.05, 3.63) is 59.9 Å². The van der Waals surface area contributed by atoms with E-state index in [1.54, 1.807) is 12.1 Å². The monoisotopic (exact) mass is 329 g/mol. The second kappa shape index (κ2) is 6.70. The van der Waals surface area contributed by atoms with Crippen LogP contribution in [0.5, 0.6) is 5.75 Å². The number of hydrogen-bond donors (Lipinski definition) is 0. The van der Waals surface area contributed by atoms with Crippen LogP contribution in [0.1, 0.15) is 11.5 Å². The molecule has 5 nitrogen and oxygen atoms in total. The van der Waals surface area contributed by atoms with Crippen molar-refractivity contribution in [1.29, 1.82) is 0 Å². The van der Waals surface area contributed by atoms with Crippen LogP contribution in [-0.4, -0.2) is 32.1 Å². The van der Waals surface area contributed by atoms with Gasteiger partial charge in [0.15, 0.2) is 0 Å². The number of anilines is 1. The Morgan fingerprint density at radius 2 is 2.04 bits per heavy atom. The van der Waals surface area contributed by atoms with Crippen molar-refractivity contribution in [2.24, 2.45) is 0 Å². The van der Waals surface area contributed by atoms with Crippen LogP contribution in [-0.2, 0) is 14.3 Å². The Balaban J connectivity index is 1.94. The van der Waals surface area contributed by atoms with Crippen LogP contribution >= 0.6 is 0 Å². The topological polar surface area (TPSA) is 55.8 Å². The second-order valence-electron chi connectivity index (χ2n) is 5.38. The highest BCUT2D eigenvalue weighted by atomic mass is 19.1. The first-order chi connectivity index (χ1) is 11.6. The summed E-state index contributed by atoms with van der Waals surface area (Å²) < 4.78 is 23.7. The number of carbonyl (C=O) groups is 2. The maximum Gasteiger partial charge on any atom is 0.325 e. The van der Waals surface area contributed by atoms with E-state index in [1.165, 1.54) is 30.2 Å². The Labute approximate surface area is 138 Å². The predicted octanol–water partition coefficient (Wildman–Crippen LogP) is 2.51. The van der Waals surface area contributed by atoms with Gasteiger partial charge in [-0.15, -0.1) is 0 Å². The third kappa shape index (κ3) is 3.08. The number of methoxy groups -OCH3 is 1. The molecule has 24 heavy (non-hydrogen) atoms. The summed E-state index contributed by atoms with van der Waals surface area (Å²) >= 11 is 0. The van der Waals surface area contributed by atoms with Crippen molar-refractivity contribution in [2.45, 2.75) is 5.92 Å². The summed E-state index contributed by atoms with van der Waals surface area (Å²) in [6.07, 6.45) is 0. The van der Waals surface area contributed by atoms with Gasteiger partial charge < -0.3 is 14.4 Å². The van der Waals surface area contributed by atoms with E-state index in [1.807, 2.05) is 18.2 Å². The van der Waals surface area contributed by atoms with E-state index < -0.39 is 17.7 Å². The lowest BCUT2D eigenvalue weighted by atomic mass is 9.99. The van der Waals surface area contributed by atoms with Crippen LogP contribution in [0, 0.1) is 5.82 Å². The molecular formula is C18H16FNO4. The van der Waals surface area contributed by atoms with Crippen LogP contribution in [0.2, 0.25) is 0 Å². The maximum atomic E-state index is 13.5. The minimum absolute atomic E-state index is 0.186. The van der Waals surface area contributed by atoms with E-state index >= 15 is 0 Å². The maximum absolute atomic E-state index is 13.5. The molecule has 2 aromatic carbocycles. The normalized spacial score (nSPS) is 15.3. The fourth-order valence-corrected chi connectivity index (χ4v) is 2.69. The zero-order chi connectivity index (χ0) is 17.1. The molecule has 0 radical (unpaired) electrons. The summed E-state index contributed by atoms with van der Waals surface area (Å²) in [5, 5.41) is 0. The number of ether oxygens (including phenoxy) is 2. The lowest BCUT2D eigenvalue weighted by molar-refractivity contribution is -0.140. The Morgan fingerprint density at radius 1 is 1.25 bits per heavy atom. The summed E-state index contributed by atoms with van der Waals surface area (Å²) in [5.74, 6) is -1.31. The molecule has 0 saturated heterocycles. The third-order valence-corrected chi connectivity index (χ3v) is 3.90. The smallest absolute Gasteiger partial charge is 0.325 e. The number of esters is 1. The van der Waals surface area contributed by atoms with Gasteiger partial charge in [-0.1, -0.05) is 24.3 Å². The van der Waals surface area contributed by atoms with E-state index in [4.69, 9.17) is 4.74 Å². The highest BCUT2D eigenvalue weighted by Crippen LogP contribution is 2.35. The molecule has 1 heterocycles. The molecule has 0 aliphatic carbocycles. The fourth-order valence-electron chi connectivity index (χ4n) is 2.69. The summed E-state index contributed by atoms with van der Waals surface area (Å²) in [5.41, 5.74) is 1.06. The van der Waals surface area contributed by atoms with Crippen LogP contribution in [0.25, 0.3) is 0 Å². The summed E-state index contributed by atoms with van der Waals surface area (Å²) in [6, 6.07) is 12.8. The van der Waals surface area contributed by atoms with Gasteiger partial charge in [0.2, 0.25) is 5.91 Å².